The zero-order valence-electron chi connectivity index (χ0n) is 14.6. The number of amides is 3. The van der Waals surface area contributed by atoms with E-state index in [1.54, 1.807) is 43.5 Å². The molecule has 6 nitrogen and oxygen atoms in total. The van der Waals surface area contributed by atoms with E-state index in [0.29, 0.717) is 34.4 Å². The van der Waals surface area contributed by atoms with Crippen molar-refractivity contribution < 1.29 is 19.1 Å². The summed E-state index contributed by atoms with van der Waals surface area (Å²) in [5.41, 5.74) is 1.34. The number of hydrogen-bond donors (Lipinski definition) is 1. The molecule has 0 bridgehead atoms. The van der Waals surface area contributed by atoms with Crippen LogP contribution >= 0.6 is 34.2 Å². The number of ether oxygens (including phenoxy) is 2. The molecule has 1 fully saturated rings. The van der Waals surface area contributed by atoms with E-state index in [1.165, 1.54) is 0 Å². The Labute approximate surface area is 175 Å². The van der Waals surface area contributed by atoms with Crippen molar-refractivity contribution in [3.63, 3.8) is 0 Å². The zero-order chi connectivity index (χ0) is 19.6. The third kappa shape index (κ3) is 4.03. The molecule has 1 saturated heterocycles. The van der Waals surface area contributed by atoms with Crippen molar-refractivity contribution >= 4 is 57.9 Å². The van der Waals surface area contributed by atoms with E-state index in [-0.39, 0.29) is 5.70 Å². The largest absolute Gasteiger partial charge is 0.493 e. The molecule has 0 aromatic heterocycles. The van der Waals surface area contributed by atoms with Gasteiger partial charge in [-0.1, -0.05) is 11.6 Å². The Bertz CT molecular complexity index is 928. The highest BCUT2D eigenvalue weighted by Crippen LogP contribution is 2.35. The molecular weight excluding hydrogens is 483 g/mol. The molecule has 1 aliphatic rings. The molecule has 3 rings (SSSR count). The van der Waals surface area contributed by atoms with Gasteiger partial charge in [0.25, 0.3) is 5.91 Å². The molecule has 0 atom stereocenters. The summed E-state index contributed by atoms with van der Waals surface area (Å²) in [6.45, 7) is 2.40. The lowest BCUT2D eigenvalue weighted by atomic mass is 10.1. The van der Waals surface area contributed by atoms with Gasteiger partial charge in [-0.05, 0) is 77.6 Å². The molecule has 0 unspecified atom stereocenters. The maximum Gasteiger partial charge on any atom is 0.333 e. The summed E-state index contributed by atoms with van der Waals surface area (Å²) in [7, 11) is 1.55. The standard InChI is InChI=1S/C19H16ClIN2O4/c1-3-27-17-14(21)8-11(10-16(17)26-2)9-15-18(24)23(19(25)22-15)13-6-4-12(20)5-7-13/h4-10H,3H2,1-2H3,(H,22,25)/b15-9-. The van der Waals surface area contributed by atoms with Crippen molar-refractivity contribution in [2.75, 3.05) is 18.6 Å². The second-order valence-electron chi connectivity index (χ2n) is 5.57. The van der Waals surface area contributed by atoms with Crippen molar-refractivity contribution in [2.45, 2.75) is 6.92 Å². The fourth-order valence-corrected chi connectivity index (χ4v) is 3.54. The van der Waals surface area contributed by atoms with Crippen LogP contribution in [0.4, 0.5) is 10.5 Å². The highest BCUT2D eigenvalue weighted by atomic mass is 127. The zero-order valence-corrected chi connectivity index (χ0v) is 17.5. The molecule has 2 aromatic rings. The number of hydrogen-bond acceptors (Lipinski definition) is 4. The van der Waals surface area contributed by atoms with Gasteiger partial charge < -0.3 is 14.8 Å². The lowest BCUT2D eigenvalue weighted by molar-refractivity contribution is -0.113. The molecule has 1 N–H and O–H groups in total. The molecule has 0 radical (unpaired) electrons. The lowest BCUT2D eigenvalue weighted by Gasteiger charge is -2.12. The van der Waals surface area contributed by atoms with Gasteiger partial charge in [-0.3, -0.25) is 4.79 Å². The van der Waals surface area contributed by atoms with Gasteiger partial charge in [0.05, 0.1) is 23.0 Å². The predicted molar refractivity (Wildman–Crippen MR) is 112 cm³/mol. The van der Waals surface area contributed by atoms with E-state index in [4.69, 9.17) is 21.1 Å². The van der Waals surface area contributed by atoms with Crippen LogP contribution in [0.2, 0.25) is 5.02 Å². The van der Waals surface area contributed by atoms with Crippen LogP contribution in [0.15, 0.2) is 42.1 Å². The number of rotatable bonds is 5. The minimum absolute atomic E-state index is 0.178. The van der Waals surface area contributed by atoms with Crippen LogP contribution < -0.4 is 19.7 Å². The summed E-state index contributed by atoms with van der Waals surface area (Å²) in [5.74, 6) is 0.763. The number of benzene rings is 2. The van der Waals surface area contributed by atoms with Crippen molar-refractivity contribution in [2.24, 2.45) is 0 Å². The topological polar surface area (TPSA) is 67.9 Å². The first-order chi connectivity index (χ1) is 12.9. The number of carbonyl (C=O) groups is 2. The average Bonchev–Trinajstić information content (AvgIpc) is 2.91. The quantitative estimate of drug-likeness (QED) is 0.376. The fourth-order valence-electron chi connectivity index (χ4n) is 2.63. The molecule has 27 heavy (non-hydrogen) atoms. The van der Waals surface area contributed by atoms with Gasteiger partial charge in [0, 0.05) is 5.02 Å². The SMILES string of the molecule is CCOc1c(I)cc(/C=C2\NC(=O)N(c3ccc(Cl)cc3)C2=O)cc1OC. The van der Waals surface area contributed by atoms with Crippen LogP contribution in [-0.4, -0.2) is 25.7 Å². The summed E-state index contributed by atoms with van der Waals surface area (Å²) >= 11 is 8.01. The predicted octanol–water partition coefficient (Wildman–Crippen LogP) is 4.45. The lowest BCUT2D eigenvalue weighted by Crippen LogP contribution is -2.30. The van der Waals surface area contributed by atoms with E-state index in [9.17, 15) is 9.59 Å². The Kier molecular flexibility index (Phi) is 5.91. The summed E-state index contributed by atoms with van der Waals surface area (Å²) in [5, 5.41) is 3.13. The molecule has 0 aliphatic carbocycles. The number of halogens is 2. The maximum atomic E-state index is 12.7. The molecule has 3 amide bonds. The first kappa shape index (κ1) is 19.5. The Balaban J connectivity index is 1.94. The van der Waals surface area contributed by atoms with Crippen LogP contribution in [0.25, 0.3) is 6.08 Å². The van der Waals surface area contributed by atoms with Crippen molar-refractivity contribution in [3.8, 4) is 11.5 Å². The molecular formula is C19H16ClIN2O4. The van der Waals surface area contributed by atoms with E-state index in [2.05, 4.69) is 27.9 Å². The number of imide groups is 1. The fraction of sp³-hybridized carbons (Fsp3) is 0.158. The van der Waals surface area contributed by atoms with Crippen molar-refractivity contribution in [1.29, 1.82) is 0 Å². The number of anilines is 1. The average molecular weight is 499 g/mol. The second-order valence-corrected chi connectivity index (χ2v) is 7.17. The van der Waals surface area contributed by atoms with Crippen molar-refractivity contribution in [3.05, 3.63) is 56.3 Å². The Hall–Kier alpha value is -2.26. The maximum absolute atomic E-state index is 12.7. The summed E-state index contributed by atoms with van der Waals surface area (Å²) < 4.78 is 11.8. The molecule has 2 aromatic carbocycles. The van der Waals surface area contributed by atoms with Gasteiger partial charge in [0.15, 0.2) is 11.5 Å². The molecule has 0 spiro atoms. The Morgan fingerprint density at radius 3 is 2.56 bits per heavy atom. The van der Waals surface area contributed by atoms with Gasteiger partial charge in [-0.2, -0.15) is 0 Å². The van der Waals surface area contributed by atoms with Crippen LogP contribution in [0, 0.1) is 3.57 Å². The first-order valence-electron chi connectivity index (χ1n) is 8.07. The van der Waals surface area contributed by atoms with Gasteiger partial charge in [0.2, 0.25) is 0 Å². The molecule has 140 valence electrons. The van der Waals surface area contributed by atoms with Crippen LogP contribution in [0.1, 0.15) is 12.5 Å². The third-order valence-corrected chi connectivity index (χ3v) is 4.87. The minimum Gasteiger partial charge on any atom is -0.493 e. The third-order valence-electron chi connectivity index (χ3n) is 3.81. The van der Waals surface area contributed by atoms with Gasteiger partial charge >= 0.3 is 6.03 Å². The number of nitrogens with one attached hydrogen (secondary N) is 1. The van der Waals surface area contributed by atoms with Gasteiger partial charge in [-0.25, -0.2) is 9.69 Å². The minimum atomic E-state index is -0.513. The normalized spacial score (nSPS) is 15.3. The van der Waals surface area contributed by atoms with Gasteiger partial charge in [0.1, 0.15) is 5.70 Å². The van der Waals surface area contributed by atoms with Crippen LogP contribution in [-0.2, 0) is 4.79 Å². The number of urea groups is 1. The summed E-state index contributed by atoms with van der Waals surface area (Å²) in [4.78, 5) is 26.0. The second kappa shape index (κ2) is 8.18. The molecule has 8 heteroatoms. The van der Waals surface area contributed by atoms with Crippen molar-refractivity contribution in [1.82, 2.24) is 5.32 Å². The Morgan fingerprint density at radius 2 is 1.93 bits per heavy atom. The highest BCUT2D eigenvalue weighted by Gasteiger charge is 2.34. The highest BCUT2D eigenvalue weighted by molar-refractivity contribution is 14.1. The summed E-state index contributed by atoms with van der Waals surface area (Å²) in [6, 6.07) is 9.58. The number of carbonyl (C=O) groups excluding carboxylic acids is 2. The van der Waals surface area contributed by atoms with E-state index in [0.717, 1.165) is 8.47 Å². The number of nitrogens with zero attached hydrogens (tertiary/aromatic N) is 1. The smallest absolute Gasteiger partial charge is 0.333 e. The van der Waals surface area contributed by atoms with E-state index >= 15 is 0 Å². The van der Waals surface area contributed by atoms with Crippen LogP contribution in [0.5, 0.6) is 11.5 Å². The molecule has 0 saturated carbocycles. The van der Waals surface area contributed by atoms with Crippen LogP contribution in [0.3, 0.4) is 0 Å². The summed E-state index contributed by atoms with van der Waals surface area (Å²) in [6.07, 6.45) is 1.61. The van der Waals surface area contributed by atoms with Gasteiger partial charge in [-0.15, -0.1) is 0 Å². The molecule has 1 heterocycles. The van der Waals surface area contributed by atoms with E-state index < -0.39 is 11.9 Å². The number of methoxy groups -OCH3 is 1. The Morgan fingerprint density at radius 1 is 1.22 bits per heavy atom. The molecule has 1 aliphatic heterocycles. The first-order valence-corrected chi connectivity index (χ1v) is 9.53. The monoisotopic (exact) mass is 498 g/mol. The van der Waals surface area contributed by atoms with E-state index in [1.807, 2.05) is 13.0 Å².